The number of esters is 1. The summed E-state index contributed by atoms with van der Waals surface area (Å²) in [6.07, 6.45) is 1.09. The van der Waals surface area contributed by atoms with Crippen molar-refractivity contribution in [1.29, 1.82) is 0 Å². The van der Waals surface area contributed by atoms with Gasteiger partial charge in [-0.25, -0.2) is 9.59 Å². The molecule has 0 radical (unpaired) electrons. The Balaban J connectivity index is 1.68. The third kappa shape index (κ3) is 10.1. The predicted molar refractivity (Wildman–Crippen MR) is 207 cm³/mol. The second-order valence-electron chi connectivity index (χ2n) is 15.3. The van der Waals surface area contributed by atoms with Gasteiger partial charge in [0.2, 0.25) is 17.7 Å². The van der Waals surface area contributed by atoms with Crippen LogP contribution in [0.15, 0.2) is 35.9 Å². The number of epoxide rings is 1. The molecule has 3 heterocycles. The number of amides is 4. The second kappa shape index (κ2) is 18.5. The molecule has 15 nitrogen and oxygen atoms in total. The standard InChI is InChI=1S/C40H57ClN4O11/c1-10-43(6)32(47)15-12-16-33(48)44(7)25(4)37(50)55-31-20-34(49)45(8)28-19-26(18-27(22-46)35(28)41)17-23(2)13-11-14-30(53-9)40(52)21-29(54-38(51)42-40)24(3)36-39(31,5)56-36/h11,13-14,18-19,24-25,29-31,36,46,52H,10,12,15-17,20-22H2,1-9H3,(H,42,51)/b14-11+,23-13-/t24-,25+,29+,30-,31+,36+,39+,40+/m1/s1. The third-order valence-electron chi connectivity index (χ3n) is 11.3. The molecule has 310 valence electrons. The summed E-state index contributed by atoms with van der Waals surface area (Å²) in [5.74, 6) is -2.27. The van der Waals surface area contributed by atoms with Crippen LogP contribution in [-0.2, 0) is 51.2 Å². The number of aliphatic hydroxyl groups is 2. The zero-order chi connectivity index (χ0) is 41.7. The Kier molecular flexibility index (Phi) is 14.8. The number of halogens is 1. The van der Waals surface area contributed by atoms with Crippen LogP contribution in [0.2, 0.25) is 5.02 Å². The van der Waals surface area contributed by atoms with Crippen molar-refractivity contribution in [3.63, 3.8) is 0 Å². The number of ether oxygens (including phenoxy) is 4. The molecule has 4 rings (SSSR count). The summed E-state index contributed by atoms with van der Waals surface area (Å²) in [4.78, 5) is 70.3. The lowest BCUT2D eigenvalue weighted by atomic mass is 9.83. The summed E-state index contributed by atoms with van der Waals surface area (Å²) in [6.45, 7) is 8.90. The number of carbonyl (C=O) groups excluding carboxylic acids is 5. The number of rotatable bonds is 10. The fourth-order valence-electron chi connectivity index (χ4n) is 7.21. The Morgan fingerprint density at radius 2 is 1.86 bits per heavy atom. The number of likely N-dealkylation sites (N-methyl/N-ethyl adjacent to an activating group) is 1. The van der Waals surface area contributed by atoms with Gasteiger partial charge in [0.15, 0.2) is 5.72 Å². The molecular formula is C40H57ClN4O11. The van der Waals surface area contributed by atoms with Crippen molar-refractivity contribution in [2.45, 2.75) is 122 Å². The fraction of sp³-hybridized carbons (Fsp3) is 0.625. The van der Waals surface area contributed by atoms with Crippen LogP contribution in [0.3, 0.4) is 0 Å². The van der Waals surface area contributed by atoms with Gasteiger partial charge in [0.1, 0.15) is 30.0 Å². The number of allylic oxidation sites excluding steroid dienone is 3. The minimum atomic E-state index is -1.85. The van der Waals surface area contributed by atoms with Crippen LogP contribution < -0.4 is 10.2 Å². The monoisotopic (exact) mass is 804 g/mol. The molecular weight excluding hydrogens is 748 g/mol. The normalized spacial score (nSPS) is 30.1. The summed E-state index contributed by atoms with van der Waals surface area (Å²) in [5.41, 5.74) is -0.717. The van der Waals surface area contributed by atoms with Gasteiger partial charge < -0.3 is 43.9 Å². The number of fused-ring (bicyclic) bond motifs is 5. The third-order valence-corrected chi connectivity index (χ3v) is 11.7. The molecule has 2 fully saturated rings. The molecule has 1 aromatic rings. The highest BCUT2D eigenvalue weighted by molar-refractivity contribution is 6.34. The quantitative estimate of drug-likeness (QED) is 0.232. The van der Waals surface area contributed by atoms with Gasteiger partial charge in [0.05, 0.1) is 29.8 Å². The Morgan fingerprint density at radius 1 is 1.18 bits per heavy atom. The van der Waals surface area contributed by atoms with Gasteiger partial charge in [-0.05, 0) is 57.7 Å². The Labute approximate surface area is 333 Å². The number of alkyl carbamates (subject to hydrolysis) is 1. The molecule has 0 aromatic heterocycles. The molecule has 0 saturated carbocycles. The van der Waals surface area contributed by atoms with Gasteiger partial charge in [0, 0.05) is 60.0 Å². The highest BCUT2D eigenvalue weighted by Crippen LogP contribution is 2.49. The van der Waals surface area contributed by atoms with Crippen LogP contribution in [0.5, 0.6) is 0 Å². The van der Waals surface area contributed by atoms with E-state index in [0.29, 0.717) is 30.6 Å². The number of hydrogen-bond acceptors (Lipinski definition) is 11. The Hall–Kier alpha value is -4.02. The number of benzene rings is 1. The van der Waals surface area contributed by atoms with Gasteiger partial charge in [-0.15, -0.1) is 0 Å². The summed E-state index contributed by atoms with van der Waals surface area (Å²) in [7, 11) is 6.11. The van der Waals surface area contributed by atoms with E-state index in [1.807, 2.05) is 19.9 Å². The second-order valence-corrected chi connectivity index (χ2v) is 15.7. The molecule has 0 unspecified atom stereocenters. The van der Waals surface area contributed by atoms with E-state index in [-0.39, 0.29) is 49.1 Å². The average molecular weight is 805 g/mol. The topological polar surface area (TPSA) is 188 Å². The van der Waals surface area contributed by atoms with E-state index in [1.165, 1.54) is 37.9 Å². The molecule has 4 bridgehead atoms. The molecule has 56 heavy (non-hydrogen) atoms. The van der Waals surface area contributed by atoms with Crippen LogP contribution >= 0.6 is 11.6 Å². The van der Waals surface area contributed by atoms with Gasteiger partial charge in [-0.2, -0.15) is 0 Å². The predicted octanol–water partition coefficient (Wildman–Crippen LogP) is 3.65. The van der Waals surface area contributed by atoms with E-state index in [1.54, 1.807) is 50.1 Å². The molecule has 3 aliphatic heterocycles. The molecule has 3 aliphatic rings. The zero-order valence-corrected chi connectivity index (χ0v) is 34.6. The van der Waals surface area contributed by atoms with Crippen molar-refractivity contribution < 1.29 is 53.1 Å². The maximum atomic E-state index is 14.2. The summed E-state index contributed by atoms with van der Waals surface area (Å²) < 4.78 is 23.6. The maximum Gasteiger partial charge on any atom is 0.409 e. The molecule has 2 saturated heterocycles. The number of aliphatic hydroxyl groups excluding tert-OH is 1. The van der Waals surface area contributed by atoms with Crippen molar-refractivity contribution in [2.75, 3.05) is 39.7 Å². The molecule has 1 aromatic carbocycles. The first-order valence-corrected chi connectivity index (χ1v) is 19.3. The Morgan fingerprint density at radius 3 is 2.50 bits per heavy atom. The zero-order valence-electron chi connectivity index (χ0n) is 33.8. The lowest BCUT2D eigenvalue weighted by Crippen LogP contribution is -2.63. The molecule has 4 amide bonds. The first-order chi connectivity index (χ1) is 26.3. The van der Waals surface area contributed by atoms with Crippen molar-refractivity contribution >= 4 is 47.1 Å². The number of hydrogen-bond donors (Lipinski definition) is 3. The number of nitrogens with one attached hydrogen (secondary N) is 1. The minimum absolute atomic E-state index is 0.0382. The van der Waals surface area contributed by atoms with Crippen LogP contribution in [0.25, 0.3) is 0 Å². The minimum Gasteiger partial charge on any atom is -0.457 e. The van der Waals surface area contributed by atoms with E-state index in [4.69, 9.17) is 30.5 Å². The van der Waals surface area contributed by atoms with Crippen LogP contribution in [0.4, 0.5) is 10.5 Å². The largest absolute Gasteiger partial charge is 0.457 e. The number of anilines is 1. The van der Waals surface area contributed by atoms with Crippen molar-refractivity contribution in [2.24, 2.45) is 5.92 Å². The molecule has 3 N–H and O–H groups in total. The van der Waals surface area contributed by atoms with E-state index in [9.17, 15) is 34.2 Å². The van der Waals surface area contributed by atoms with Crippen molar-refractivity contribution in [3.8, 4) is 0 Å². The van der Waals surface area contributed by atoms with E-state index >= 15 is 0 Å². The van der Waals surface area contributed by atoms with Crippen LogP contribution in [-0.4, -0.2) is 126 Å². The SMILES string of the molecule is CCN(C)C(=O)CCCC(=O)N(C)[C@@H](C)C(=O)O[C@H]1CC(=O)N(C)c2cc(cc(CO)c2Cl)C/C(C)=C\C=C\[C@@H](OC)[C@@]2(O)C[C@H](OC(=O)N2)[C@@H](C)[C@@H]2O[C@@]12C. The molecule has 16 heteroatoms. The smallest absolute Gasteiger partial charge is 0.409 e. The van der Waals surface area contributed by atoms with Crippen molar-refractivity contribution in [1.82, 2.24) is 15.1 Å². The molecule has 8 atom stereocenters. The first-order valence-electron chi connectivity index (χ1n) is 18.9. The first kappa shape index (κ1) is 44.7. The molecule has 0 spiro atoms. The van der Waals surface area contributed by atoms with Gasteiger partial charge >= 0.3 is 12.1 Å². The van der Waals surface area contributed by atoms with Crippen LogP contribution in [0.1, 0.15) is 77.8 Å². The number of nitrogens with zero attached hydrogens (tertiary/aromatic N) is 3. The van der Waals surface area contributed by atoms with Gasteiger partial charge in [0.25, 0.3) is 0 Å². The molecule has 0 aliphatic carbocycles. The highest BCUT2D eigenvalue weighted by Gasteiger charge is 2.64. The average Bonchev–Trinajstić information content (AvgIpc) is 3.86. The van der Waals surface area contributed by atoms with Crippen molar-refractivity contribution in [3.05, 3.63) is 52.1 Å². The van der Waals surface area contributed by atoms with E-state index < -0.39 is 65.7 Å². The lowest BCUT2D eigenvalue weighted by Gasteiger charge is -2.42. The summed E-state index contributed by atoms with van der Waals surface area (Å²) >= 11 is 6.73. The van der Waals surface area contributed by atoms with Crippen LogP contribution in [0, 0.1) is 5.92 Å². The highest BCUT2D eigenvalue weighted by atomic mass is 35.5. The van der Waals surface area contributed by atoms with E-state index in [2.05, 4.69) is 5.32 Å². The number of methoxy groups -OCH3 is 1. The maximum absolute atomic E-state index is 14.2. The van der Waals surface area contributed by atoms with Gasteiger partial charge in [-0.3, -0.25) is 19.7 Å². The van der Waals surface area contributed by atoms with Gasteiger partial charge in [-0.1, -0.05) is 48.4 Å². The lowest BCUT2D eigenvalue weighted by molar-refractivity contribution is -0.162. The summed E-state index contributed by atoms with van der Waals surface area (Å²) in [6, 6.07) is 2.44. The fourth-order valence-corrected chi connectivity index (χ4v) is 7.51. The summed E-state index contributed by atoms with van der Waals surface area (Å²) in [5, 5.41) is 24.6. The van der Waals surface area contributed by atoms with E-state index in [0.717, 1.165) is 11.1 Å². The number of carbonyl (C=O) groups is 5. The Bertz CT molecular complexity index is 1720.